The number of piperidine rings is 1. The third-order valence-corrected chi connectivity index (χ3v) is 4.12. The van der Waals surface area contributed by atoms with Crippen LogP contribution in [0.5, 0.6) is 0 Å². The Morgan fingerprint density at radius 3 is 2.62 bits per heavy atom. The summed E-state index contributed by atoms with van der Waals surface area (Å²) in [6, 6.07) is 3.52. The lowest BCUT2D eigenvalue weighted by atomic mass is 9.80. The molecule has 1 aliphatic heterocycles. The quantitative estimate of drug-likeness (QED) is 0.857. The molecule has 0 saturated carbocycles. The third kappa shape index (κ3) is 4.39. The summed E-state index contributed by atoms with van der Waals surface area (Å²) in [5.41, 5.74) is 0.653. The summed E-state index contributed by atoms with van der Waals surface area (Å²) in [6.45, 7) is 7.94. The second-order valence-electron chi connectivity index (χ2n) is 6.13. The number of aromatic nitrogens is 2. The standard InChI is InChI=1S/C15H25N5O/c1-4-16-14(21)12-5-6-13(19-18-12)17-11-15(2)7-9-20(3)10-8-15/h5-6H,4,7-11H2,1-3H3,(H,16,21)(H,17,19). The maximum Gasteiger partial charge on any atom is 0.271 e. The number of likely N-dealkylation sites (tertiary alicyclic amines) is 1. The lowest BCUT2D eigenvalue weighted by Crippen LogP contribution is -2.40. The molecule has 116 valence electrons. The van der Waals surface area contributed by atoms with Crippen molar-refractivity contribution in [3.63, 3.8) is 0 Å². The Morgan fingerprint density at radius 1 is 1.33 bits per heavy atom. The van der Waals surface area contributed by atoms with Gasteiger partial charge in [0, 0.05) is 13.1 Å². The number of nitrogens with one attached hydrogen (secondary N) is 2. The zero-order valence-electron chi connectivity index (χ0n) is 13.1. The average molecular weight is 291 g/mol. The molecule has 21 heavy (non-hydrogen) atoms. The maximum atomic E-state index is 11.6. The van der Waals surface area contributed by atoms with Crippen molar-refractivity contribution in [1.29, 1.82) is 0 Å². The highest BCUT2D eigenvalue weighted by Gasteiger charge is 2.28. The predicted molar refractivity (Wildman–Crippen MR) is 83.4 cm³/mol. The van der Waals surface area contributed by atoms with Gasteiger partial charge < -0.3 is 15.5 Å². The van der Waals surface area contributed by atoms with Gasteiger partial charge in [0.25, 0.3) is 5.91 Å². The Balaban J connectivity index is 1.87. The summed E-state index contributed by atoms with van der Waals surface area (Å²) in [5.74, 6) is 0.544. The van der Waals surface area contributed by atoms with E-state index in [1.54, 1.807) is 6.07 Å². The van der Waals surface area contributed by atoms with Gasteiger partial charge in [0.15, 0.2) is 5.69 Å². The molecule has 2 heterocycles. The molecule has 0 atom stereocenters. The monoisotopic (exact) mass is 291 g/mol. The smallest absolute Gasteiger partial charge is 0.271 e. The normalized spacial score (nSPS) is 18.2. The highest BCUT2D eigenvalue weighted by atomic mass is 16.1. The zero-order valence-corrected chi connectivity index (χ0v) is 13.1. The molecule has 0 radical (unpaired) electrons. The van der Waals surface area contributed by atoms with Crippen LogP contribution in [0.4, 0.5) is 5.82 Å². The number of amides is 1. The zero-order chi connectivity index (χ0) is 15.3. The van der Waals surface area contributed by atoms with E-state index in [1.165, 1.54) is 12.8 Å². The Bertz CT molecular complexity index is 465. The minimum absolute atomic E-state index is 0.182. The first-order chi connectivity index (χ1) is 10.0. The van der Waals surface area contributed by atoms with Crippen molar-refractivity contribution < 1.29 is 4.79 Å². The number of anilines is 1. The SMILES string of the molecule is CCNC(=O)c1ccc(NCC2(C)CCN(C)CC2)nn1. The number of rotatable bonds is 5. The van der Waals surface area contributed by atoms with Crippen LogP contribution in [0.1, 0.15) is 37.2 Å². The fourth-order valence-electron chi connectivity index (χ4n) is 2.44. The van der Waals surface area contributed by atoms with Crippen LogP contribution in [-0.4, -0.2) is 54.2 Å². The summed E-state index contributed by atoms with van der Waals surface area (Å²) in [6.07, 6.45) is 2.36. The summed E-state index contributed by atoms with van der Waals surface area (Å²) in [7, 11) is 2.17. The Morgan fingerprint density at radius 2 is 2.05 bits per heavy atom. The van der Waals surface area contributed by atoms with Gasteiger partial charge in [-0.15, -0.1) is 10.2 Å². The van der Waals surface area contributed by atoms with Crippen molar-refractivity contribution in [1.82, 2.24) is 20.4 Å². The van der Waals surface area contributed by atoms with Crippen molar-refractivity contribution in [3.8, 4) is 0 Å². The van der Waals surface area contributed by atoms with Crippen LogP contribution in [-0.2, 0) is 0 Å². The molecule has 1 aliphatic rings. The average Bonchev–Trinajstić information content (AvgIpc) is 2.49. The van der Waals surface area contributed by atoms with Crippen molar-refractivity contribution in [2.24, 2.45) is 5.41 Å². The molecule has 1 aromatic rings. The number of carbonyl (C=O) groups is 1. The maximum absolute atomic E-state index is 11.6. The summed E-state index contributed by atoms with van der Waals surface area (Å²) >= 11 is 0. The largest absolute Gasteiger partial charge is 0.368 e. The van der Waals surface area contributed by atoms with Crippen LogP contribution in [0, 0.1) is 5.41 Å². The lowest BCUT2D eigenvalue weighted by molar-refractivity contribution is 0.0950. The van der Waals surface area contributed by atoms with Crippen molar-refractivity contribution in [3.05, 3.63) is 17.8 Å². The number of carbonyl (C=O) groups excluding carboxylic acids is 1. The molecule has 1 aromatic heterocycles. The van der Waals surface area contributed by atoms with Crippen molar-refractivity contribution >= 4 is 11.7 Å². The molecule has 0 unspecified atom stereocenters. The van der Waals surface area contributed by atoms with Crippen LogP contribution in [0.2, 0.25) is 0 Å². The Hall–Kier alpha value is -1.69. The van der Waals surface area contributed by atoms with E-state index in [4.69, 9.17) is 0 Å². The Kier molecular flexibility index (Phi) is 5.12. The molecule has 2 N–H and O–H groups in total. The van der Waals surface area contributed by atoms with Crippen LogP contribution < -0.4 is 10.6 Å². The molecule has 1 fully saturated rings. The van der Waals surface area contributed by atoms with E-state index < -0.39 is 0 Å². The topological polar surface area (TPSA) is 70.2 Å². The summed E-state index contributed by atoms with van der Waals surface area (Å²) in [5, 5.41) is 14.1. The van der Waals surface area contributed by atoms with E-state index in [0.29, 0.717) is 17.7 Å². The van der Waals surface area contributed by atoms with Crippen LogP contribution in [0.15, 0.2) is 12.1 Å². The number of hydrogen-bond donors (Lipinski definition) is 2. The fraction of sp³-hybridized carbons (Fsp3) is 0.667. The van der Waals surface area contributed by atoms with Gasteiger partial charge in [0.05, 0.1) is 0 Å². The highest BCUT2D eigenvalue weighted by Crippen LogP contribution is 2.30. The molecule has 6 heteroatoms. The summed E-state index contributed by atoms with van der Waals surface area (Å²) in [4.78, 5) is 14.0. The minimum Gasteiger partial charge on any atom is -0.368 e. The first-order valence-corrected chi connectivity index (χ1v) is 7.57. The van der Waals surface area contributed by atoms with Gasteiger partial charge in [-0.3, -0.25) is 4.79 Å². The van der Waals surface area contributed by atoms with Crippen molar-refractivity contribution in [2.45, 2.75) is 26.7 Å². The van der Waals surface area contributed by atoms with Crippen LogP contribution in [0.3, 0.4) is 0 Å². The molecule has 0 aromatic carbocycles. The molecule has 0 spiro atoms. The first-order valence-electron chi connectivity index (χ1n) is 7.57. The van der Waals surface area contributed by atoms with Gasteiger partial charge in [-0.1, -0.05) is 6.92 Å². The molecule has 0 aliphatic carbocycles. The van der Waals surface area contributed by atoms with Gasteiger partial charge in [-0.2, -0.15) is 0 Å². The third-order valence-electron chi connectivity index (χ3n) is 4.12. The molecular formula is C15H25N5O. The first kappa shape index (κ1) is 15.7. The molecule has 6 nitrogen and oxygen atoms in total. The van der Waals surface area contributed by atoms with E-state index in [-0.39, 0.29) is 5.91 Å². The molecule has 0 bridgehead atoms. The number of nitrogens with zero attached hydrogens (tertiary/aromatic N) is 3. The second kappa shape index (κ2) is 6.85. The highest BCUT2D eigenvalue weighted by molar-refractivity contribution is 5.92. The van der Waals surface area contributed by atoms with E-state index in [0.717, 1.165) is 25.5 Å². The van der Waals surface area contributed by atoms with Crippen molar-refractivity contribution in [2.75, 3.05) is 38.5 Å². The van der Waals surface area contributed by atoms with Gasteiger partial charge in [0.1, 0.15) is 5.82 Å². The Labute approximate surface area is 126 Å². The molecule has 1 saturated heterocycles. The van der Waals surface area contributed by atoms with Crippen LogP contribution in [0.25, 0.3) is 0 Å². The molecule has 2 rings (SSSR count). The van der Waals surface area contributed by atoms with Crippen LogP contribution >= 0.6 is 0 Å². The van der Waals surface area contributed by atoms with E-state index in [2.05, 4.69) is 39.7 Å². The molecular weight excluding hydrogens is 266 g/mol. The predicted octanol–water partition coefficient (Wildman–Crippen LogP) is 1.37. The minimum atomic E-state index is -0.182. The molecule has 1 amide bonds. The number of hydrogen-bond acceptors (Lipinski definition) is 5. The second-order valence-corrected chi connectivity index (χ2v) is 6.13. The van der Waals surface area contributed by atoms with Gasteiger partial charge >= 0.3 is 0 Å². The summed E-state index contributed by atoms with van der Waals surface area (Å²) < 4.78 is 0. The van der Waals surface area contributed by atoms with E-state index >= 15 is 0 Å². The van der Waals surface area contributed by atoms with E-state index in [1.807, 2.05) is 13.0 Å². The van der Waals surface area contributed by atoms with Gasteiger partial charge in [0.2, 0.25) is 0 Å². The van der Waals surface area contributed by atoms with Gasteiger partial charge in [-0.25, -0.2) is 0 Å². The lowest BCUT2D eigenvalue weighted by Gasteiger charge is -2.38. The van der Waals surface area contributed by atoms with E-state index in [9.17, 15) is 4.79 Å². The fourth-order valence-corrected chi connectivity index (χ4v) is 2.44. The van der Waals surface area contributed by atoms with Gasteiger partial charge in [-0.05, 0) is 57.5 Å².